The predicted molar refractivity (Wildman–Crippen MR) is 59.6 cm³/mol. The van der Waals surface area contributed by atoms with E-state index in [1.807, 2.05) is 0 Å². The van der Waals surface area contributed by atoms with Crippen LogP contribution in [0.25, 0.3) is 0 Å². The summed E-state index contributed by atoms with van der Waals surface area (Å²) < 4.78 is 21.3. The molecule has 0 amide bonds. The van der Waals surface area contributed by atoms with E-state index in [0.717, 1.165) is 12.5 Å². The summed E-state index contributed by atoms with van der Waals surface area (Å²) in [6, 6.07) is 0. The summed E-state index contributed by atoms with van der Waals surface area (Å²) in [5.74, 6) is -2.01. The van der Waals surface area contributed by atoms with E-state index in [4.69, 9.17) is 10.3 Å². The van der Waals surface area contributed by atoms with Gasteiger partial charge < -0.3 is 10.3 Å². The molecule has 16 heavy (non-hydrogen) atoms. The molecule has 6 nitrogen and oxygen atoms in total. The average molecular weight is 251 g/mol. The van der Waals surface area contributed by atoms with Crippen LogP contribution in [0.4, 0.5) is 0 Å². The second kappa shape index (κ2) is 5.29. The SMILES string of the molecule is CCC(CC=NO)[C@](C)(C(=O)O)S(C)(=O)=O. The van der Waals surface area contributed by atoms with Crippen LogP contribution < -0.4 is 0 Å². The van der Waals surface area contributed by atoms with E-state index in [1.165, 1.54) is 6.92 Å². The quantitative estimate of drug-likeness (QED) is 0.412. The lowest BCUT2D eigenvalue weighted by Crippen LogP contribution is -2.49. The largest absolute Gasteiger partial charge is 0.480 e. The lowest BCUT2D eigenvalue weighted by Gasteiger charge is -2.30. The van der Waals surface area contributed by atoms with E-state index in [1.54, 1.807) is 6.92 Å². The molecule has 0 rings (SSSR count). The highest BCUT2D eigenvalue weighted by Crippen LogP contribution is 2.31. The molecule has 0 spiro atoms. The number of sulfone groups is 1. The van der Waals surface area contributed by atoms with Crippen molar-refractivity contribution in [1.29, 1.82) is 0 Å². The first-order chi connectivity index (χ1) is 7.21. The molecule has 7 heteroatoms. The third-order valence-corrected chi connectivity index (χ3v) is 4.99. The van der Waals surface area contributed by atoms with Crippen molar-refractivity contribution in [3.05, 3.63) is 0 Å². The molecule has 0 aromatic rings. The molecule has 2 atom stereocenters. The van der Waals surface area contributed by atoms with Crippen LogP contribution in [-0.4, -0.2) is 41.9 Å². The molecular weight excluding hydrogens is 234 g/mol. The summed E-state index contributed by atoms with van der Waals surface area (Å²) in [6.07, 6.45) is 2.48. The van der Waals surface area contributed by atoms with Crippen molar-refractivity contribution < 1.29 is 23.5 Å². The summed E-state index contributed by atoms with van der Waals surface area (Å²) in [4.78, 5) is 11.1. The Morgan fingerprint density at radius 1 is 1.56 bits per heavy atom. The molecule has 0 saturated carbocycles. The summed E-state index contributed by atoms with van der Waals surface area (Å²) in [5, 5.41) is 20.1. The Hall–Kier alpha value is -1.11. The molecule has 0 bridgehead atoms. The number of rotatable bonds is 6. The molecule has 2 N–H and O–H groups in total. The van der Waals surface area contributed by atoms with Gasteiger partial charge in [-0.3, -0.25) is 4.79 Å². The number of carboxylic acids is 1. The van der Waals surface area contributed by atoms with Crippen LogP contribution in [0.3, 0.4) is 0 Å². The van der Waals surface area contributed by atoms with Gasteiger partial charge in [0.1, 0.15) is 0 Å². The standard InChI is InChI=1S/C9H17NO5S/c1-4-7(5-6-10-13)9(2,8(11)12)16(3,14)15/h6-7,13H,4-5H2,1-3H3,(H,11,12)/t7?,9-/m1/s1. The van der Waals surface area contributed by atoms with E-state index in [0.29, 0.717) is 6.42 Å². The monoisotopic (exact) mass is 251 g/mol. The van der Waals surface area contributed by atoms with Gasteiger partial charge in [0.05, 0.1) is 0 Å². The van der Waals surface area contributed by atoms with Crippen molar-refractivity contribution in [2.45, 2.75) is 31.4 Å². The zero-order chi connectivity index (χ0) is 13.0. The molecule has 0 fully saturated rings. The van der Waals surface area contributed by atoms with Crippen LogP contribution in [-0.2, 0) is 14.6 Å². The summed E-state index contributed by atoms with van der Waals surface area (Å²) in [7, 11) is -3.75. The highest BCUT2D eigenvalue weighted by Gasteiger charge is 2.49. The van der Waals surface area contributed by atoms with Crippen molar-refractivity contribution in [2.24, 2.45) is 11.1 Å². The van der Waals surface area contributed by atoms with Crippen LogP contribution in [0.15, 0.2) is 5.16 Å². The molecule has 94 valence electrons. The molecule has 0 radical (unpaired) electrons. The summed E-state index contributed by atoms with van der Waals surface area (Å²) in [5.41, 5.74) is 0. The fraction of sp³-hybridized carbons (Fsp3) is 0.778. The van der Waals surface area contributed by atoms with Gasteiger partial charge >= 0.3 is 5.97 Å². The fourth-order valence-electron chi connectivity index (χ4n) is 1.59. The molecule has 0 aliphatic carbocycles. The molecule has 0 aliphatic heterocycles. The summed E-state index contributed by atoms with van der Waals surface area (Å²) >= 11 is 0. The Bertz CT molecular complexity index is 375. The maximum atomic E-state index is 11.6. The Labute approximate surface area is 94.9 Å². The minimum absolute atomic E-state index is 0.100. The highest BCUT2D eigenvalue weighted by atomic mass is 32.2. The second-order valence-electron chi connectivity index (χ2n) is 3.82. The molecule has 0 aromatic heterocycles. The highest BCUT2D eigenvalue weighted by molar-refractivity contribution is 7.92. The Kier molecular flexibility index (Phi) is 4.92. The van der Waals surface area contributed by atoms with E-state index < -0.39 is 26.5 Å². The number of carbonyl (C=O) groups is 1. The first-order valence-electron chi connectivity index (χ1n) is 4.80. The number of carboxylic acid groups (broad SMARTS) is 1. The van der Waals surface area contributed by atoms with Crippen molar-refractivity contribution in [3.8, 4) is 0 Å². The van der Waals surface area contributed by atoms with Crippen molar-refractivity contribution >= 4 is 22.0 Å². The van der Waals surface area contributed by atoms with Crippen molar-refractivity contribution in [1.82, 2.24) is 0 Å². The normalized spacial score (nSPS) is 18.2. The maximum Gasteiger partial charge on any atom is 0.325 e. The van der Waals surface area contributed by atoms with Gasteiger partial charge in [-0.2, -0.15) is 0 Å². The number of oxime groups is 1. The van der Waals surface area contributed by atoms with Crippen LogP contribution in [0.5, 0.6) is 0 Å². The van der Waals surface area contributed by atoms with Crippen LogP contribution in [0, 0.1) is 5.92 Å². The topological polar surface area (TPSA) is 104 Å². The van der Waals surface area contributed by atoms with Crippen LogP contribution >= 0.6 is 0 Å². The zero-order valence-electron chi connectivity index (χ0n) is 9.54. The fourth-order valence-corrected chi connectivity index (χ4v) is 2.78. The molecular formula is C9H17NO5S. The lowest BCUT2D eigenvalue weighted by atomic mass is 9.88. The molecule has 0 aliphatic rings. The van der Waals surface area contributed by atoms with Gasteiger partial charge in [-0.15, -0.1) is 5.16 Å². The molecule has 0 aromatic carbocycles. The van der Waals surface area contributed by atoms with Gasteiger partial charge in [-0.1, -0.05) is 13.3 Å². The Morgan fingerprint density at radius 2 is 2.06 bits per heavy atom. The minimum Gasteiger partial charge on any atom is -0.480 e. The molecule has 1 unspecified atom stereocenters. The van der Waals surface area contributed by atoms with Crippen LogP contribution in [0.1, 0.15) is 26.7 Å². The average Bonchev–Trinajstić information content (AvgIpc) is 2.16. The van der Waals surface area contributed by atoms with Crippen molar-refractivity contribution in [3.63, 3.8) is 0 Å². The van der Waals surface area contributed by atoms with Gasteiger partial charge in [0.15, 0.2) is 14.6 Å². The number of hydrogen-bond acceptors (Lipinski definition) is 5. The number of nitrogens with zero attached hydrogens (tertiary/aromatic N) is 1. The summed E-state index contributed by atoms with van der Waals surface area (Å²) in [6.45, 7) is 2.88. The Balaban J connectivity index is 5.41. The van der Waals surface area contributed by atoms with Gasteiger partial charge in [0, 0.05) is 12.5 Å². The van der Waals surface area contributed by atoms with E-state index in [-0.39, 0.29) is 6.42 Å². The minimum atomic E-state index is -3.75. The van der Waals surface area contributed by atoms with E-state index >= 15 is 0 Å². The number of hydrogen-bond donors (Lipinski definition) is 2. The van der Waals surface area contributed by atoms with Gasteiger partial charge in [0.2, 0.25) is 0 Å². The third kappa shape index (κ3) is 2.72. The predicted octanol–water partition coefficient (Wildman–Crippen LogP) is 0.751. The van der Waals surface area contributed by atoms with Gasteiger partial charge in [-0.05, 0) is 19.3 Å². The smallest absolute Gasteiger partial charge is 0.325 e. The molecule has 0 saturated heterocycles. The maximum absolute atomic E-state index is 11.6. The molecule has 0 heterocycles. The first kappa shape index (κ1) is 14.9. The zero-order valence-corrected chi connectivity index (χ0v) is 10.4. The van der Waals surface area contributed by atoms with E-state index in [9.17, 15) is 13.2 Å². The van der Waals surface area contributed by atoms with E-state index in [2.05, 4.69) is 5.16 Å². The Morgan fingerprint density at radius 3 is 2.31 bits per heavy atom. The number of aliphatic carboxylic acids is 1. The van der Waals surface area contributed by atoms with Gasteiger partial charge in [-0.25, -0.2) is 8.42 Å². The van der Waals surface area contributed by atoms with Crippen molar-refractivity contribution in [2.75, 3.05) is 6.26 Å². The third-order valence-electron chi connectivity index (χ3n) is 2.94. The van der Waals surface area contributed by atoms with Crippen LogP contribution in [0.2, 0.25) is 0 Å². The lowest BCUT2D eigenvalue weighted by molar-refractivity contribution is -0.141. The van der Waals surface area contributed by atoms with Gasteiger partial charge in [0.25, 0.3) is 0 Å². The second-order valence-corrected chi connectivity index (χ2v) is 6.22. The first-order valence-corrected chi connectivity index (χ1v) is 6.69.